The summed E-state index contributed by atoms with van der Waals surface area (Å²) in [5.41, 5.74) is 3.25. The highest BCUT2D eigenvalue weighted by atomic mass is 32.2. The lowest BCUT2D eigenvalue weighted by molar-refractivity contribution is -0.118. The molecule has 0 atom stereocenters. The third kappa shape index (κ3) is 5.02. The minimum atomic E-state index is -0.147. The molecule has 1 N–H and O–H groups in total. The normalized spacial score (nSPS) is 12.5. The first-order valence-electron chi connectivity index (χ1n) is 11.5. The van der Waals surface area contributed by atoms with E-state index in [1.54, 1.807) is 10.6 Å². The fraction of sp³-hybridized carbons (Fsp3) is 0.222. The predicted octanol–water partition coefficient (Wildman–Crippen LogP) is 3.92. The van der Waals surface area contributed by atoms with Crippen LogP contribution in [0.25, 0.3) is 16.6 Å². The Morgan fingerprint density at radius 3 is 2.66 bits per heavy atom. The molecule has 1 aliphatic rings. The third-order valence-electron chi connectivity index (χ3n) is 5.78. The second-order valence-corrected chi connectivity index (χ2v) is 9.15. The van der Waals surface area contributed by atoms with Crippen LogP contribution in [0.5, 0.6) is 11.5 Å². The van der Waals surface area contributed by atoms with Gasteiger partial charge in [-0.15, -0.1) is 0 Å². The molecule has 1 aromatic heterocycles. The van der Waals surface area contributed by atoms with Crippen LogP contribution in [0.3, 0.4) is 0 Å². The molecule has 4 aromatic rings. The van der Waals surface area contributed by atoms with Gasteiger partial charge in [-0.3, -0.25) is 14.2 Å². The number of rotatable bonds is 7. The van der Waals surface area contributed by atoms with Crippen molar-refractivity contribution < 1.29 is 14.3 Å². The molecular weight excluding hydrogens is 462 g/mol. The van der Waals surface area contributed by atoms with Crippen LogP contribution in [0, 0.1) is 6.92 Å². The quantitative estimate of drug-likeness (QED) is 0.314. The van der Waals surface area contributed by atoms with Gasteiger partial charge in [0.05, 0.1) is 22.3 Å². The minimum Gasteiger partial charge on any atom is -0.486 e. The van der Waals surface area contributed by atoms with Crippen LogP contribution >= 0.6 is 11.8 Å². The number of amides is 1. The molecule has 0 saturated heterocycles. The van der Waals surface area contributed by atoms with Crippen molar-refractivity contribution in [2.24, 2.45) is 0 Å². The molecule has 0 aliphatic carbocycles. The van der Waals surface area contributed by atoms with Gasteiger partial charge in [-0.1, -0.05) is 48.2 Å². The van der Waals surface area contributed by atoms with Crippen LogP contribution in [0.1, 0.15) is 11.1 Å². The standard InChI is InChI=1S/C27H25N3O4S/c1-18-6-2-5-9-22(18)30-26(32)20-7-3-4-8-21(20)29-27(30)35-17-25(31)28-13-12-19-10-11-23-24(16-19)34-15-14-33-23/h2-11,16H,12-15,17H2,1H3,(H,28,31). The van der Waals surface area contributed by atoms with Gasteiger partial charge in [-0.25, -0.2) is 4.98 Å². The van der Waals surface area contributed by atoms with Crippen molar-refractivity contribution in [3.8, 4) is 17.2 Å². The van der Waals surface area contributed by atoms with Crippen LogP contribution in [0.4, 0.5) is 0 Å². The Hall–Kier alpha value is -3.78. The van der Waals surface area contributed by atoms with Gasteiger partial charge in [-0.05, 0) is 54.8 Å². The second-order valence-electron chi connectivity index (χ2n) is 8.21. The lowest BCUT2D eigenvalue weighted by atomic mass is 10.1. The van der Waals surface area contributed by atoms with Gasteiger partial charge in [-0.2, -0.15) is 0 Å². The summed E-state index contributed by atoms with van der Waals surface area (Å²) in [6.07, 6.45) is 0.676. The fourth-order valence-electron chi connectivity index (χ4n) is 4.01. The largest absolute Gasteiger partial charge is 0.486 e. The van der Waals surface area contributed by atoms with Crippen LogP contribution in [0.2, 0.25) is 0 Å². The summed E-state index contributed by atoms with van der Waals surface area (Å²) in [6, 6.07) is 20.8. The molecule has 178 valence electrons. The van der Waals surface area contributed by atoms with Gasteiger partial charge in [0.25, 0.3) is 5.56 Å². The number of hydrogen-bond acceptors (Lipinski definition) is 6. The highest BCUT2D eigenvalue weighted by molar-refractivity contribution is 7.99. The van der Waals surface area contributed by atoms with Crippen molar-refractivity contribution in [1.29, 1.82) is 0 Å². The third-order valence-corrected chi connectivity index (χ3v) is 6.71. The second kappa shape index (κ2) is 10.2. The van der Waals surface area contributed by atoms with E-state index in [1.807, 2.05) is 67.6 Å². The Morgan fingerprint density at radius 1 is 1.03 bits per heavy atom. The van der Waals surface area contributed by atoms with Gasteiger partial charge in [0.1, 0.15) is 13.2 Å². The summed E-state index contributed by atoms with van der Waals surface area (Å²) < 4.78 is 12.8. The first kappa shape index (κ1) is 23.0. The molecule has 8 heteroatoms. The van der Waals surface area contributed by atoms with Gasteiger partial charge in [0.15, 0.2) is 16.7 Å². The van der Waals surface area contributed by atoms with Crippen molar-refractivity contribution in [3.63, 3.8) is 0 Å². The maximum Gasteiger partial charge on any atom is 0.266 e. The maximum absolute atomic E-state index is 13.4. The van der Waals surface area contributed by atoms with E-state index in [0.717, 1.165) is 28.3 Å². The Morgan fingerprint density at radius 2 is 1.80 bits per heavy atom. The number of ether oxygens (including phenoxy) is 2. The van der Waals surface area contributed by atoms with E-state index in [9.17, 15) is 9.59 Å². The topological polar surface area (TPSA) is 82.5 Å². The molecule has 0 radical (unpaired) electrons. The summed E-state index contributed by atoms with van der Waals surface area (Å²) in [4.78, 5) is 30.7. The Balaban J connectivity index is 1.29. The van der Waals surface area contributed by atoms with E-state index in [4.69, 9.17) is 14.5 Å². The number of hydrogen-bond donors (Lipinski definition) is 1. The molecule has 0 saturated carbocycles. The molecule has 2 heterocycles. The van der Waals surface area contributed by atoms with Crippen LogP contribution in [-0.4, -0.2) is 41.0 Å². The van der Waals surface area contributed by atoms with Gasteiger partial charge >= 0.3 is 0 Å². The fourth-order valence-corrected chi connectivity index (χ4v) is 4.84. The molecule has 0 unspecified atom stereocenters. The predicted molar refractivity (Wildman–Crippen MR) is 137 cm³/mol. The zero-order valence-corrected chi connectivity index (χ0v) is 20.1. The molecule has 1 amide bonds. The smallest absolute Gasteiger partial charge is 0.266 e. The molecule has 7 nitrogen and oxygen atoms in total. The van der Waals surface area contributed by atoms with Gasteiger partial charge in [0.2, 0.25) is 5.91 Å². The van der Waals surface area contributed by atoms with Crippen LogP contribution < -0.4 is 20.3 Å². The monoisotopic (exact) mass is 487 g/mol. The lowest BCUT2D eigenvalue weighted by Gasteiger charge is -2.18. The number of benzene rings is 3. The number of nitrogens with zero attached hydrogens (tertiary/aromatic N) is 2. The van der Waals surface area contributed by atoms with E-state index >= 15 is 0 Å². The van der Waals surface area contributed by atoms with E-state index in [-0.39, 0.29) is 17.2 Å². The molecule has 5 rings (SSSR count). The first-order valence-corrected chi connectivity index (χ1v) is 12.4. The lowest BCUT2D eigenvalue weighted by Crippen LogP contribution is -2.28. The average Bonchev–Trinajstić information content (AvgIpc) is 2.88. The molecule has 0 spiro atoms. The number of fused-ring (bicyclic) bond motifs is 2. The van der Waals surface area contributed by atoms with Crippen molar-refractivity contribution in [2.75, 3.05) is 25.5 Å². The molecular formula is C27H25N3O4S. The van der Waals surface area contributed by atoms with Crippen molar-refractivity contribution in [3.05, 3.63) is 88.2 Å². The van der Waals surface area contributed by atoms with Crippen LogP contribution in [-0.2, 0) is 11.2 Å². The molecule has 0 bridgehead atoms. The molecule has 1 aliphatic heterocycles. The van der Waals surface area contributed by atoms with E-state index in [2.05, 4.69) is 5.32 Å². The molecule has 3 aromatic carbocycles. The highest BCUT2D eigenvalue weighted by Gasteiger charge is 2.16. The minimum absolute atomic E-state index is 0.119. The van der Waals surface area contributed by atoms with Crippen molar-refractivity contribution >= 4 is 28.6 Å². The number of aryl methyl sites for hydroxylation is 1. The highest BCUT2D eigenvalue weighted by Crippen LogP contribution is 2.30. The Bertz CT molecular complexity index is 1450. The summed E-state index contributed by atoms with van der Waals surface area (Å²) in [5, 5.41) is 3.99. The summed E-state index contributed by atoms with van der Waals surface area (Å²) >= 11 is 1.26. The Labute approximate surface area is 207 Å². The number of aromatic nitrogens is 2. The van der Waals surface area contributed by atoms with Gasteiger partial charge in [0, 0.05) is 6.54 Å². The number of thioether (sulfide) groups is 1. The zero-order chi connectivity index (χ0) is 24.2. The maximum atomic E-state index is 13.4. The Kier molecular flexibility index (Phi) is 6.72. The van der Waals surface area contributed by atoms with Crippen molar-refractivity contribution in [2.45, 2.75) is 18.5 Å². The average molecular weight is 488 g/mol. The first-order chi connectivity index (χ1) is 17.1. The van der Waals surface area contributed by atoms with Crippen molar-refractivity contribution in [1.82, 2.24) is 14.9 Å². The summed E-state index contributed by atoms with van der Waals surface area (Å²) in [6.45, 7) is 3.55. The summed E-state index contributed by atoms with van der Waals surface area (Å²) in [7, 11) is 0. The number of para-hydroxylation sites is 2. The summed E-state index contributed by atoms with van der Waals surface area (Å²) in [5.74, 6) is 1.53. The molecule has 35 heavy (non-hydrogen) atoms. The number of carbonyl (C=O) groups is 1. The SMILES string of the molecule is Cc1ccccc1-n1c(SCC(=O)NCCc2ccc3c(c2)OCCO3)nc2ccccc2c1=O. The molecule has 0 fully saturated rings. The van der Waals surface area contributed by atoms with E-state index in [0.29, 0.717) is 42.2 Å². The van der Waals surface area contributed by atoms with Crippen LogP contribution in [0.15, 0.2) is 76.7 Å². The van der Waals surface area contributed by atoms with Gasteiger partial charge < -0.3 is 14.8 Å². The number of carbonyl (C=O) groups excluding carboxylic acids is 1. The zero-order valence-electron chi connectivity index (χ0n) is 19.3. The van der Waals surface area contributed by atoms with E-state index in [1.165, 1.54) is 11.8 Å². The van der Waals surface area contributed by atoms with E-state index < -0.39 is 0 Å². The number of nitrogens with one attached hydrogen (secondary N) is 1.